The SMILES string of the molecule is Cc1nn(C)c(C)c1C(=O)N1CC(C)OC(c2ccccc2)C1. The van der Waals surface area contributed by atoms with Crippen LogP contribution in [-0.4, -0.2) is 39.8 Å². The third kappa shape index (κ3) is 3.01. The minimum absolute atomic E-state index is 0.00943. The molecule has 0 N–H and O–H groups in total. The molecule has 122 valence electrons. The molecule has 5 nitrogen and oxygen atoms in total. The van der Waals surface area contributed by atoms with Gasteiger partial charge in [0.25, 0.3) is 5.91 Å². The molecule has 1 fully saturated rings. The number of carbonyl (C=O) groups excluding carboxylic acids is 1. The molecule has 2 heterocycles. The first-order valence-electron chi connectivity index (χ1n) is 7.97. The Kier molecular flexibility index (Phi) is 4.22. The molecule has 0 radical (unpaired) electrons. The molecule has 2 unspecified atom stereocenters. The van der Waals surface area contributed by atoms with E-state index in [0.29, 0.717) is 18.7 Å². The lowest BCUT2D eigenvalue weighted by Gasteiger charge is -2.37. The van der Waals surface area contributed by atoms with E-state index in [0.717, 1.165) is 17.0 Å². The van der Waals surface area contributed by atoms with Crippen molar-refractivity contribution in [2.75, 3.05) is 13.1 Å². The Morgan fingerprint density at radius 3 is 2.52 bits per heavy atom. The molecule has 2 atom stereocenters. The first-order valence-corrected chi connectivity index (χ1v) is 7.97. The predicted octanol–water partition coefficient (Wildman–Crippen LogP) is 2.64. The molecular formula is C18H23N3O2. The van der Waals surface area contributed by atoms with E-state index in [9.17, 15) is 4.79 Å². The zero-order valence-corrected chi connectivity index (χ0v) is 14.1. The smallest absolute Gasteiger partial charge is 0.257 e. The van der Waals surface area contributed by atoms with E-state index in [2.05, 4.69) is 5.10 Å². The number of hydrogen-bond donors (Lipinski definition) is 0. The van der Waals surface area contributed by atoms with E-state index in [1.54, 1.807) is 4.68 Å². The highest BCUT2D eigenvalue weighted by molar-refractivity contribution is 5.96. The molecular weight excluding hydrogens is 290 g/mol. The molecule has 0 aliphatic carbocycles. The molecule has 2 aromatic rings. The number of ether oxygens (including phenoxy) is 1. The van der Waals surface area contributed by atoms with Gasteiger partial charge in [0.1, 0.15) is 6.10 Å². The van der Waals surface area contributed by atoms with Crippen LogP contribution < -0.4 is 0 Å². The summed E-state index contributed by atoms with van der Waals surface area (Å²) in [5, 5.41) is 4.36. The van der Waals surface area contributed by atoms with Gasteiger partial charge in [-0.25, -0.2) is 0 Å². The van der Waals surface area contributed by atoms with Gasteiger partial charge in [-0.3, -0.25) is 9.48 Å². The number of benzene rings is 1. The van der Waals surface area contributed by atoms with Crippen molar-refractivity contribution in [1.29, 1.82) is 0 Å². The number of aryl methyl sites for hydroxylation is 2. The van der Waals surface area contributed by atoms with Gasteiger partial charge in [0.2, 0.25) is 0 Å². The van der Waals surface area contributed by atoms with Crippen LogP contribution in [0.15, 0.2) is 30.3 Å². The van der Waals surface area contributed by atoms with Crippen molar-refractivity contribution in [1.82, 2.24) is 14.7 Å². The summed E-state index contributed by atoms with van der Waals surface area (Å²) >= 11 is 0. The maximum Gasteiger partial charge on any atom is 0.257 e. The van der Waals surface area contributed by atoms with Crippen molar-refractivity contribution in [2.24, 2.45) is 7.05 Å². The van der Waals surface area contributed by atoms with Gasteiger partial charge in [0.15, 0.2) is 0 Å². The predicted molar refractivity (Wildman–Crippen MR) is 88.3 cm³/mol. The Morgan fingerprint density at radius 2 is 1.91 bits per heavy atom. The van der Waals surface area contributed by atoms with Crippen LogP contribution in [0.5, 0.6) is 0 Å². The highest BCUT2D eigenvalue weighted by Gasteiger charge is 2.32. The number of morpholine rings is 1. The van der Waals surface area contributed by atoms with Gasteiger partial charge >= 0.3 is 0 Å². The van der Waals surface area contributed by atoms with Crippen molar-refractivity contribution in [2.45, 2.75) is 33.0 Å². The minimum Gasteiger partial charge on any atom is -0.367 e. The minimum atomic E-state index is -0.0822. The fraction of sp³-hybridized carbons (Fsp3) is 0.444. The van der Waals surface area contributed by atoms with Crippen molar-refractivity contribution >= 4 is 5.91 Å². The van der Waals surface area contributed by atoms with Gasteiger partial charge < -0.3 is 9.64 Å². The van der Waals surface area contributed by atoms with Gasteiger partial charge in [0.05, 0.1) is 23.9 Å². The first kappa shape index (κ1) is 15.7. The Bertz CT molecular complexity index is 709. The van der Waals surface area contributed by atoms with Gasteiger partial charge in [0, 0.05) is 19.3 Å². The summed E-state index contributed by atoms with van der Waals surface area (Å²) < 4.78 is 7.80. The summed E-state index contributed by atoms with van der Waals surface area (Å²) in [7, 11) is 1.87. The molecule has 1 aliphatic rings. The zero-order valence-electron chi connectivity index (χ0n) is 14.1. The molecule has 0 saturated carbocycles. The largest absolute Gasteiger partial charge is 0.367 e. The van der Waals surface area contributed by atoms with E-state index in [1.807, 2.05) is 63.1 Å². The summed E-state index contributed by atoms with van der Waals surface area (Å²) in [6, 6.07) is 10.1. The van der Waals surface area contributed by atoms with Crippen molar-refractivity contribution < 1.29 is 9.53 Å². The lowest BCUT2D eigenvalue weighted by Crippen LogP contribution is -2.46. The standard InChI is InChI=1S/C18H23N3O2/c1-12-10-21(11-16(23-12)15-8-6-5-7-9-15)18(22)17-13(2)19-20(4)14(17)3/h5-9,12,16H,10-11H2,1-4H3. The summed E-state index contributed by atoms with van der Waals surface area (Å²) in [6.45, 7) is 7.01. The van der Waals surface area contributed by atoms with E-state index >= 15 is 0 Å². The Morgan fingerprint density at radius 1 is 1.22 bits per heavy atom. The molecule has 1 aliphatic heterocycles. The molecule has 1 aromatic heterocycles. The van der Waals surface area contributed by atoms with Crippen molar-refractivity contribution in [3.63, 3.8) is 0 Å². The fourth-order valence-electron chi connectivity index (χ4n) is 3.21. The van der Waals surface area contributed by atoms with Crippen molar-refractivity contribution in [3.05, 3.63) is 52.8 Å². The van der Waals surface area contributed by atoms with Crippen LogP contribution in [0, 0.1) is 13.8 Å². The summed E-state index contributed by atoms with van der Waals surface area (Å²) in [5.74, 6) is 0.0455. The summed E-state index contributed by atoms with van der Waals surface area (Å²) in [5.41, 5.74) is 3.51. The normalized spacial score (nSPS) is 21.5. The first-order chi connectivity index (χ1) is 11.0. The number of amides is 1. The molecule has 1 saturated heterocycles. The van der Waals surface area contributed by atoms with Gasteiger partial charge in [-0.15, -0.1) is 0 Å². The van der Waals surface area contributed by atoms with Crippen LogP contribution in [-0.2, 0) is 11.8 Å². The zero-order chi connectivity index (χ0) is 16.6. The second kappa shape index (κ2) is 6.16. The topological polar surface area (TPSA) is 47.4 Å². The Hall–Kier alpha value is -2.14. The molecule has 0 spiro atoms. The fourth-order valence-corrected chi connectivity index (χ4v) is 3.21. The number of nitrogens with zero attached hydrogens (tertiary/aromatic N) is 3. The highest BCUT2D eigenvalue weighted by Crippen LogP contribution is 2.27. The second-order valence-electron chi connectivity index (χ2n) is 6.23. The third-order valence-electron chi connectivity index (χ3n) is 4.44. The van der Waals surface area contributed by atoms with E-state index in [-0.39, 0.29) is 18.1 Å². The maximum atomic E-state index is 13.0. The van der Waals surface area contributed by atoms with Crippen LogP contribution >= 0.6 is 0 Å². The number of aromatic nitrogens is 2. The number of rotatable bonds is 2. The monoisotopic (exact) mass is 313 g/mol. The molecule has 23 heavy (non-hydrogen) atoms. The molecule has 1 amide bonds. The van der Waals surface area contributed by atoms with Gasteiger partial charge in [-0.2, -0.15) is 5.10 Å². The van der Waals surface area contributed by atoms with Crippen LogP contribution in [0.3, 0.4) is 0 Å². The quantitative estimate of drug-likeness (QED) is 0.856. The lowest BCUT2D eigenvalue weighted by molar-refractivity contribution is -0.0692. The van der Waals surface area contributed by atoms with E-state index < -0.39 is 0 Å². The number of carbonyl (C=O) groups is 1. The highest BCUT2D eigenvalue weighted by atomic mass is 16.5. The Labute approximate surface area is 136 Å². The maximum absolute atomic E-state index is 13.0. The van der Waals surface area contributed by atoms with Gasteiger partial charge in [-0.05, 0) is 26.3 Å². The second-order valence-corrected chi connectivity index (χ2v) is 6.23. The molecule has 0 bridgehead atoms. The third-order valence-corrected chi connectivity index (χ3v) is 4.44. The number of hydrogen-bond acceptors (Lipinski definition) is 3. The van der Waals surface area contributed by atoms with Crippen LogP contribution in [0.25, 0.3) is 0 Å². The van der Waals surface area contributed by atoms with Gasteiger partial charge in [-0.1, -0.05) is 30.3 Å². The average Bonchev–Trinajstić information content (AvgIpc) is 2.79. The van der Waals surface area contributed by atoms with Crippen LogP contribution in [0.4, 0.5) is 0 Å². The lowest BCUT2D eigenvalue weighted by atomic mass is 10.1. The summed E-state index contributed by atoms with van der Waals surface area (Å²) in [6.07, 6.45) is -0.0728. The molecule has 3 rings (SSSR count). The molecule has 5 heteroatoms. The Balaban J connectivity index is 1.86. The molecule has 1 aromatic carbocycles. The average molecular weight is 313 g/mol. The van der Waals surface area contributed by atoms with Crippen LogP contribution in [0.2, 0.25) is 0 Å². The van der Waals surface area contributed by atoms with E-state index in [4.69, 9.17) is 4.74 Å². The summed E-state index contributed by atoms with van der Waals surface area (Å²) in [4.78, 5) is 14.9. The van der Waals surface area contributed by atoms with Crippen molar-refractivity contribution in [3.8, 4) is 0 Å². The van der Waals surface area contributed by atoms with Crippen LogP contribution in [0.1, 0.15) is 40.3 Å². The van der Waals surface area contributed by atoms with E-state index in [1.165, 1.54) is 0 Å².